The van der Waals surface area contributed by atoms with E-state index in [0.717, 1.165) is 45.8 Å². The lowest BCUT2D eigenvalue weighted by Crippen LogP contribution is -2.51. The van der Waals surface area contributed by atoms with Crippen LogP contribution in [0.4, 0.5) is 0 Å². The molecule has 0 aliphatic carbocycles. The third-order valence-electron chi connectivity index (χ3n) is 5.70. The van der Waals surface area contributed by atoms with Gasteiger partial charge in [-0.1, -0.05) is 38.1 Å². The van der Waals surface area contributed by atoms with Crippen molar-refractivity contribution in [2.45, 2.75) is 33.7 Å². The quantitative estimate of drug-likeness (QED) is 0.841. The monoisotopic (exact) mass is 343 g/mol. The minimum absolute atomic E-state index is 0.325. The van der Waals surface area contributed by atoms with Crippen LogP contribution in [-0.2, 0) is 11.3 Å². The van der Waals surface area contributed by atoms with Gasteiger partial charge in [0.1, 0.15) is 0 Å². The first kappa shape index (κ1) is 18.4. The van der Waals surface area contributed by atoms with Crippen LogP contribution in [0.2, 0.25) is 0 Å². The average Bonchev–Trinajstić information content (AvgIpc) is 2.58. The molecule has 0 N–H and O–H groups in total. The van der Waals surface area contributed by atoms with E-state index in [-0.39, 0.29) is 0 Å². The van der Waals surface area contributed by atoms with Crippen LogP contribution in [-0.4, -0.2) is 66.4 Å². The van der Waals surface area contributed by atoms with E-state index in [9.17, 15) is 4.79 Å². The number of carbonyl (C=O) groups is 1. The molecule has 0 aromatic heterocycles. The number of rotatable bonds is 4. The molecule has 138 valence electrons. The predicted molar refractivity (Wildman–Crippen MR) is 102 cm³/mol. The Balaban J connectivity index is 1.44. The SMILES string of the molecule is Cc1ccccc1CN1CCN(CC(=O)N2CC(C)CC(C)C2)CC1. The van der Waals surface area contributed by atoms with Gasteiger partial charge in [0.05, 0.1) is 6.54 Å². The van der Waals surface area contributed by atoms with Crippen LogP contribution in [0.3, 0.4) is 0 Å². The number of aryl methyl sites for hydroxylation is 1. The molecule has 2 heterocycles. The van der Waals surface area contributed by atoms with Gasteiger partial charge in [-0.05, 0) is 36.3 Å². The van der Waals surface area contributed by atoms with Crippen LogP contribution in [0.25, 0.3) is 0 Å². The maximum Gasteiger partial charge on any atom is 0.236 e. The van der Waals surface area contributed by atoms with Crippen molar-refractivity contribution in [3.8, 4) is 0 Å². The molecule has 2 unspecified atom stereocenters. The number of piperazine rings is 1. The highest BCUT2D eigenvalue weighted by Crippen LogP contribution is 2.21. The van der Waals surface area contributed by atoms with Gasteiger partial charge >= 0.3 is 0 Å². The van der Waals surface area contributed by atoms with E-state index in [1.807, 2.05) is 0 Å². The number of hydrogen-bond donors (Lipinski definition) is 0. The van der Waals surface area contributed by atoms with Crippen molar-refractivity contribution in [3.63, 3.8) is 0 Å². The summed E-state index contributed by atoms with van der Waals surface area (Å²) in [7, 11) is 0. The third-order valence-corrected chi connectivity index (χ3v) is 5.70. The summed E-state index contributed by atoms with van der Waals surface area (Å²) in [6.07, 6.45) is 1.25. The highest BCUT2D eigenvalue weighted by Gasteiger charge is 2.27. The maximum absolute atomic E-state index is 12.6. The van der Waals surface area contributed by atoms with E-state index in [0.29, 0.717) is 24.3 Å². The number of hydrogen-bond acceptors (Lipinski definition) is 3. The van der Waals surface area contributed by atoms with E-state index < -0.39 is 0 Å². The van der Waals surface area contributed by atoms with Gasteiger partial charge in [-0.15, -0.1) is 0 Å². The molecule has 2 aliphatic heterocycles. The number of nitrogens with zero attached hydrogens (tertiary/aromatic N) is 3. The average molecular weight is 344 g/mol. The Labute approximate surface area is 152 Å². The molecule has 2 fully saturated rings. The summed E-state index contributed by atoms with van der Waals surface area (Å²) >= 11 is 0. The highest BCUT2D eigenvalue weighted by atomic mass is 16.2. The zero-order valence-electron chi connectivity index (χ0n) is 16.1. The Kier molecular flexibility index (Phi) is 6.13. The Morgan fingerprint density at radius 1 is 1.00 bits per heavy atom. The summed E-state index contributed by atoms with van der Waals surface area (Å²) in [4.78, 5) is 19.6. The minimum atomic E-state index is 0.325. The largest absolute Gasteiger partial charge is 0.341 e. The zero-order valence-corrected chi connectivity index (χ0v) is 16.1. The molecule has 1 aromatic carbocycles. The molecule has 1 amide bonds. The fraction of sp³-hybridized carbons (Fsp3) is 0.667. The number of piperidine rings is 1. The van der Waals surface area contributed by atoms with Gasteiger partial charge in [0.25, 0.3) is 0 Å². The molecule has 4 heteroatoms. The van der Waals surface area contributed by atoms with Crippen LogP contribution < -0.4 is 0 Å². The van der Waals surface area contributed by atoms with Gasteiger partial charge in [0.2, 0.25) is 5.91 Å². The molecule has 3 rings (SSSR count). The molecule has 2 saturated heterocycles. The molecule has 0 spiro atoms. The van der Waals surface area contributed by atoms with Crippen LogP contribution in [0, 0.1) is 18.8 Å². The van der Waals surface area contributed by atoms with Gasteiger partial charge in [-0.2, -0.15) is 0 Å². The van der Waals surface area contributed by atoms with E-state index in [1.165, 1.54) is 17.5 Å². The predicted octanol–water partition coefficient (Wildman–Crippen LogP) is 2.62. The highest BCUT2D eigenvalue weighted by molar-refractivity contribution is 5.78. The molecule has 0 saturated carbocycles. The zero-order chi connectivity index (χ0) is 17.8. The first-order valence-corrected chi connectivity index (χ1v) is 9.78. The second kappa shape index (κ2) is 8.33. The molecular weight excluding hydrogens is 310 g/mol. The Hall–Kier alpha value is -1.39. The normalized spacial score (nSPS) is 26.0. The molecule has 25 heavy (non-hydrogen) atoms. The summed E-state index contributed by atoms with van der Waals surface area (Å²) in [6, 6.07) is 8.64. The van der Waals surface area contributed by atoms with Gasteiger partial charge in [0, 0.05) is 45.8 Å². The maximum atomic E-state index is 12.6. The molecular formula is C21H33N3O. The Bertz CT molecular complexity index is 570. The number of amides is 1. The lowest BCUT2D eigenvalue weighted by Gasteiger charge is -2.38. The Morgan fingerprint density at radius 2 is 1.60 bits per heavy atom. The van der Waals surface area contributed by atoms with Crippen molar-refractivity contribution >= 4 is 5.91 Å². The summed E-state index contributed by atoms with van der Waals surface area (Å²) < 4.78 is 0. The topological polar surface area (TPSA) is 26.8 Å². The van der Waals surface area contributed by atoms with Crippen LogP contribution >= 0.6 is 0 Å². The smallest absolute Gasteiger partial charge is 0.236 e. The third kappa shape index (κ3) is 5.05. The van der Waals surface area contributed by atoms with Crippen molar-refractivity contribution in [2.75, 3.05) is 45.8 Å². The van der Waals surface area contributed by atoms with Crippen molar-refractivity contribution in [2.24, 2.45) is 11.8 Å². The fourth-order valence-corrected chi connectivity index (χ4v) is 4.29. The fourth-order valence-electron chi connectivity index (χ4n) is 4.29. The van der Waals surface area contributed by atoms with Gasteiger partial charge < -0.3 is 4.90 Å². The van der Waals surface area contributed by atoms with E-state index >= 15 is 0 Å². The first-order chi connectivity index (χ1) is 12.0. The van der Waals surface area contributed by atoms with Crippen LogP contribution in [0.1, 0.15) is 31.4 Å². The van der Waals surface area contributed by atoms with E-state index in [1.54, 1.807) is 0 Å². The number of likely N-dealkylation sites (tertiary alicyclic amines) is 1. The summed E-state index contributed by atoms with van der Waals surface area (Å²) in [6.45, 7) is 14.3. The molecule has 2 atom stereocenters. The van der Waals surface area contributed by atoms with E-state index in [4.69, 9.17) is 0 Å². The van der Waals surface area contributed by atoms with E-state index in [2.05, 4.69) is 59.7 Å². The standard InChI is InChI=1S/C21H33N3O/c1-17-12-18(2)14-24(13-17)21(25)16-23-10-8-22(9-11-23)15-20-7-5-4-6-19(20)3/h4-7,17-18H,8-16H2,1-3H3. The molecule has 1 aromatic rings. The van der Waals surface area contributed by atoms with Gasteiger partial charge in [0.15, 0.2) is 0 Å². The number of carbonyl (C=O) groups excluding carboxylic acids is 1. The van der Waals surface area contributed by atoms with Crippen molar-refractivity contribution < 1.29 is 4.79 Å². The molecule has 4 nitrogen and oxygen atoms in total. The van der Waals surface area contributed by atoms with Crippen molar-refractivity contribution in [3.05, 3.63) is 35.4 Å². The Morgan fingerprint density at radius 3 is 2.24 bits per heavy atom. The van der Waals surface area contributed by atoms with Gasteiger partial charge in [-0.25, -0.2) is 0 Å². The lowest BCUT2D eigenvalue weighted by atomic mass is 9.92. The second-order valence-electron chi connectivity index (χ2n) is 8.22. The minimum Gasteiger partial charge on any atom is -0.341 e. The summed E-state index contributed by atoms with van der Waals surface area (Å²) in [5.74, 6) is 1.60. The second-order valence-corrected chi connectivity index (χ2v) is 8.22. The summed E-state index contributed by atoms with van der Waals surface area (Å²) in [5, 5.41) is 0. The van der Waals surface area contributed by atoms with Crippen molar-refractivity contribution in [1.82, 2.24) is 14.7 Å². The first-order valence-electron chi connectivity index (χ1n) is 9.78. The summed E-state index contributed by atoms with van der Waals surface area (Å²) in [5.41, 5.74) is 2.79. The lowest BCUT2D eigenvalue weighted by molar-refractivity contribution is -0.135. The molecule has 0 bridgehead atoms. The van der Waals surface area contributed by atoms with Crippen LogP contribution in [0.15, 0.2) is 24.3 Å². The molecule has 2 aliphatic rings. The molecule has 0 radical (unpaired) electrons. The van der Waals surface area contributed by atoms with Crippen molar-refractivity contribution in [1.29, 1.82) is 0 Å². The number of benzene rings is 1. The van der Waals surface area contributed by atoms with Gasteiger partial charge in [-0.3, -0.25) is 14.6 Å². The van der Waals surface area contributed by atoms with Crippen LogP contribution in [0.5, 0.6) is 0 Å².